The fraction of sp³-hybridized carbons (Fsp3) is 0.375. The van der Waals surface area contributed by atoms with Gasteiger partial charge in [0.2, 0.25) is 0 Å². The molecule has 116 valence electrons. The molecule has 6 heteroatoms. The van der Waals surface area contributed by atoms with Crippen LogP contribution in [0.2, 0.25) is 0 Å². The Labute approximate surface area is 128 Å². The molecule has 0 saturated carbocycles. The van der Waals surface area contributed by atoms with Gasteiger partial charge in [-0.25, -0.2) is 4.39 Å². The zero-order valence-electron chi connectivity index (χ0n) is 12.6. The largest absolute Gasteiger partial charge is 0.377 e. The van der Waals surface area contributed by atoms with Gasteiger partial charge in [0.1, 0.15) is 5.82 Å². The topological polar surface area (TPSA) is 58.2 Å². The van der Waals surface area contributed by atoms with E-state index in [0.29, 0.717) is 25.3 Å². The number of aryl methyl sites for hydroxylation is 2. The Balaban J connectivity index is 1.95. The molecule has 2 aromatic rings. The lowest BCUT2D eigenvalue weighted by Crippen LogP contribution is -2.43. The molecule has 1 amide bonds. The number of amides is 1. The van der Waals surface area contributed by atoms with E-state index in [1.54, 1.807) is 17.0 Å². The normalized spacial score (nSPS) is 18.5. The molecule has 2 heterocycles. The predicted octanol–water partition coefficient (Wildman–Crippen LogP) is 2.38. The van der Waals surface area contributed by atoms with Gasteiger partial charge in [-0.3, -0.25) is 9.89 Å². The Morgan fingerprint density at radius 1 is 1.45 bits per heavy atom. The molecular weight excluding hydrogens is 285 g/mol. The molecule has 3 rings (SSSR count). The summed E-state index contributed by atoms with van der Waals surface area (Å²) in [5.74, 6) is -0.598. The first-order chi connectivity index (χ1) is 10.6. The Morgan fingerprint density at radius 2 is 2.27 bits per heavy atom. The molecule has 0 spiro atoms. The van der Waals surface area contributed by atoms with Gasteiger partial charge < -0.3 is 9.64 Å². The summed E-state index contributed by atoms with van der Waals surface area (Å²) in [5, 5.41) is 7.13. The molecule has 0 radical (unpaired) electrons. The quantitative estimate of drug-likeness (QED) is 0.926. The minimum Gasteiger partial charge on any atom is -0.377 e. The van der Waals surface area contributed by atoms with E-state index < -0.39 is 5.82 Å². The average molecular weight is 303 g/mol. The number of aromatic nitrogens is 2. The highest BCUT2D eigenvalue weighted by molar-refractivity contribution is 5.94. The number of carbonyl (C=O) groups excluding carboxylic acids is 1. The SMILES string of the molecule is Cc1n[nH]c(C)c1[C@@H]1COCCN1C(=O)c1cccc(F)c1. The van der Waals surface area contributed by atoms with Crippen LogP contribution < -0.4 is 0 Å². The Bertz CT molecular complexity index is 679. The molecule has 1 aliphatic rings. The maximum Gasteiger partial charge on any atom is 0.254 e. The van der Waals surface area contributed by atoms with Gasteiger partial charge in [0.15, 0.2) is 0 Å². The minimum atomic E-state index is -0.411. The van der Waals surface area contributed by atoms with E-state index in [-0.39, 0.29) is 11.9 Å². The zero-order chi connectivity index (χ0) is 15.7. The molecule has 0 aliphatic carbocycles. The average Bonchev–Trinajstić information content (AvgIpc) is 2.85. The fourth-order valence-corrected chi connectivity index (χ4v) is 2.92. The smallest absolute Gasteiger partial charge is 0.254 e. The summed E-state index contributed by atoms with van der Waals surface area (Å²) in [6.07, 6.45) is 0. The van der Waals surface area contributed by atoms with E-state index in [1.165, 1.54) is 12.1 Å². The van der Waals surface area contributed by atoms with E-state index in [9.17, 15) is 9.18 Å². The highest BCUT2D eigenvalue weighted by atomic mass is 19.1. The number of carbonyl (C=O) groups is 1. The fourth-order valence-electron chi connectivity index (χ4n) is 2.92. The van der Waals surface area contributed by atoms with Crippen LogP contribution in [0.3, 0.4) is 0 Å². The number of nitrogens with one attached hydrogen (secondary N) is 1. The highest BCUT2D eigenvalue weighted by Crippen LogP contribution is 2.29. The molecule has 1 atom stereocenters. The third-order valence-corrected chi connectivity index (χ3v) is 3.98. The number of morpholine rings is 1. The van der Waals surface area contributed by atoms with Crippen LogP contribution >= 0.6 is 0 Å². The number of benzene rings is 1. The van der Waals surface area contributed by atoms with Gasteiger partial charge in [-0.2, -0.15) is 5.10 Å². The lowest BCUT2D eigenvalue weighted by molar-refractivity contribution is -0.00303. The number of H-pyrrole nitrogens is 1. The van der Waals surface area contributed by atoms with Crippen molar-refractivity contribution in [2.45, 2.75) is 19.9 Å². The van der Waals surface area contributed by atoms with Crippen molar-refractivity contribution in [3.8, 4) is 0 Å². The standard InChI is InChI=1S/C16H18FN3O2/c1-10-15(11(2)19-18-10)14-9-22-7-6-20(14)16(21)12-4-3-5-13(17)8-12/h3-5,8,14H,6-7,9H2,1-2H3,(H,18,19)/t14-/m0/s1. The molecule has 1 aliphatic heterocycles. The van der Waals surface area contributed by atoms with E-state index in [0.717, 1.165) is 17.0 Å². The molecule has 0 bridgehead atoms. The number of nitrogens with zero attached hydrogens (tertiary/aromatic N) is 2. The number of ether oxygens (including phenoxy) is 1. The van der Waals surface area contributed by atoms with Crippen molar-refractivity contribution in [3.63, 3.8) is 0 Å². The summed E-state index contributed by atoms with van der Waals surface area (Å²) in [6.45, 7) is 5.20. The summed E-state index contributed by atoms with van der Waals surface area (Å²) in [5.41, 5.74) is 3.10. The molecule has 1 fully saturated rings. The number of hydrogen-bond donors (Lipinski definition) is 1. The second-order valence-corrected chi connectivity index (χ2v) is 5.45. The van der Waals surface area contributed by atoms with Crippen LogP contribution in [-0.4, -0.2) is 40.8 Å². The van der Waals surface area contributed by atoms with Crippen LogP contribution in [0.1, 0.15) is 33.4 Å². The lowest BCUT2D eigenvalue weighted by atomic mass is 10.0. The first-order valence-corrected chi connectivity index (χ1v) is 7.23. The Kier molecular flexibility index (Phi) is 3.94. The van der Waals surface area contributed by atoms with Crippen molar-refractivity contribution in [3.05, 3.63) is 52.6 Å². The van der Waals surface area contributed by atoms with Gasteiger partial charge in [-0.05, 0) is 32.0 Å². The first kappa shape index (κ1) is 14.7. The zero-order valence-corrected chi connectivity index (χ0v) is 12.6. The molecule has 22 heavy (non-hydrogen) atoms. The van der Waals surface area contributed by atoms with E-state index in [4.69, 9.17) is 4.74 Å². The number of hydrogen-bond acceptors (Lipinski definition) is 3. The van der Waals surface area contributed by atoms with Crippen molar-refractivity contribution < 1.29 is 13.9 Å². The number of aromatic amines is 1. The van der Waals surface area contributed by atoms with Crippen molar-refractivity contribution >= 4 is 5.91 Å². The van der Waals surface area contributed by atoms with Crippen LogP contribution in [0.5, 0.6) is 0 Å². The highest BCUT2D eigenvalue weighted by Gasteiger charge is 2.32. The van der Waals surface area contributed by atoms with Crippen molar-refractivity contribution in [2.75, 3.05) is 19.8 Å². The third kappa shape index (κ3) is 2.62. The predicted molar refractivity (Wildman–Crippen MR) is 79.1 cm³/mol. The monoisotopic (exact) mass is 303 g/mol. The first-order valence-electron chi connectivity index (χ1n) is 7.23. The van der Waals surface area contributed by atoms with Gasteiger partial charge in [0, 0.05) is 23.4 Å². The van der Waals surface area contributed by atoms with Crippen molar-refractivity contribution in [1.29, 1.82) is 0 Å². The number of rotatable bonds is 2. The summed E-state index contributed by atoms with van der Waals surface area (Å²) in [6, 6.07) is 5.57. The van der Waals surface area contributed by atoms with Crippen LogP contribution in [0.25, 0.3) is 0 Å². The van der Waals surface area contributed by atoms with Crippen LogP contribution in [0, 0.1) is 19.7 Å². The van der Waals surface area contributed by atoms with Crippen LogP contribution in [-0.2, 0) is 4.74 Å². The third-order valence-electron chi connectivity index (χ3n) is 3.98. The van der Waals surface area contributed by atoms with Gasteiger partial charge in [-0.15, -0.1) is 0 Å². The summed E-state index contributed by atoms with van der Waals surface area (Å²) in [4.78, 5) is 14.5. The van der Waals surface area contributed by atoms with Gasteiger partial charge in [-0.1, -0.05) is 6.07 Å². The van der Waals surface area contributed by atoms with Gasteiger partial charge in [0.25, 0.3) is 5.91 Å². The second kappa shape index (κ2) is 5.88. The van der Waals surface area contributed by atoms with Gasteiger partial charge >= 0.3 is 0 Å². The van der Waals surface area contributed by atoms with E-state index in [1.807, 2.05) is 13.8 Å². The molecule has 1 aromatic heterocycles. The summed E-state index contributed by atoms with van der Waals surface area (Å²) in [7, 11) is 0. The molecule has 1 N–H and O–H groups in total. The molecule has 1 aromatic carbocycles. The van der Waals surface area contributed by atoms with Crippen LogP contribution in [0.15, 0.2) is 24.3 Å². The van der Waals surface area contributed by atoms with Crippen molar-refractivity contribution in [1.82, 2.24) is 15.1 Å². The molecule has 0 unspecified atom stereocenters. The number of halogens is 1. The Morgan fingerprint density at radius 3 is 2.95 bits per heavy atom. The van der Waals surface area contributed by atoms with Crippen LogP contribution in [0.4, 0.5) is 4.39 Å². The minimum absolute atomic E-state index is 0.187. The van der Waals surface area contributed by atoms with E-state index in [2.05, 4.69) is 10.2 Å². The van der Waals surface area contributed by atoms with E-state index >= 15 is 0 Å². The maximum absolute atomic E-state index is 13.4. The summed E-state index contributed by atoms with van der Waals surface area (Å²) >= 11 is 0. The Hall–Kier alpha value is -2.21. The summed E-state index contributed by atoms with van der Waals surface area (Å²) < 4.78 is 18.9. The molecule has 5 nitrogen and oxygen atoms in total. The molecular formula is C16H18FN3O2. The molecule has 1 saturated heterocycles. The lowest BCUT2D eigenvalue weighted by Gasteiger charge is -2.36. The van der Waals surface area contributed by atoms with Crippen molar-refractivity contribution in [2.24, 2.45) is 0 Å². The van der Waals surface area contributed by atoms with Gasteiger partial charge in [0.05, 0.1) is 24.9 Å². The second-order valence-electron chi connectivity index (χ2n) is 5.45. The maximum atomic E-state index is 13.4.